The second kappa shape index (κ2) is 7.04. The summed E-state index contributed by atoms with van der Waals surface area (Å²) in [5, 5.41) is 13.0. The monoisotopic (exact) mass is 287 g/mol. The van der Waals surface area contributed by atoms with Crippen LogP contribution >= 0.6 is 0 Å². The zero-order valence-corrected chi connectivity index (χ0v) is 12.5. The smallest absolute Gasteiger partial charge is 0.254 e. The van der Waals surface area contributed by atoms with Crippen LogP contribution in [-0.4, -0.2) is 47.6 Å². The number of benzene rings is 1. The molecule has 1 aromatic heterocycles. The van der Waals surface area contributed by atoms with Gasteiger partial charge in [-0.2, -0.15) is 0 Å². The molecule has 0 atom stereocenters. The maximum atomic E-state index is 12.5. The number of pyridine rings is 1. The number of para-hydroxylation sites is 1. The minimum Gasteiger partial charge on any atom is -0.395 e. The number of amides is 1. The molecule has 1 amide bonds. The first kappa shape index (κ1) is 15.3. The fourth-order valence-corrected chi connectivity index (χ4v) is 2.15. The SMILES string of the molecule is CCCNc1cc(C(=O)N(C)CCO)c2ccccc2n1. The molecule has 5 nitrogen and oxygen atoms in total. The summed E-state index contributed by atoms with van der Waals surface area (Å²) in [7, 11) is 1.69. The number of rotatable bonds is 6. The highest BCUT2D eigenvalue weighted by atomic mass is 16.3. The topological polar surface area (TPSA) is 65.5 Å². The van der Waals surface area contributed by atoms with E-state index in [0.717, 1.165) is 23.9 Å². The number of carbonyl (C=O) groups excluding carboxylic acids is 1. The molecular weight excluding hydrogens is 266 g/mol. The van der Waals surface area contributed by atoms with Crippen molar-refractivity contribution >= 4 is 22.6 Å². The minimum absolute atomic E-state index is 0.0494. The molecule has 0 unspecified atom stereocenters. The fraction of sp³-hybridized carbons (Fsp3) is 0.375. The van der Waals surface area contributed by atoms with Crippen LogP contribution in [0, 0.1) is 0 Å². The van der Waals surface area contributed by atoms with Gasteiger partial charge < -0.3 is 15.3 Å². The lowest BCUT2D eigenvalue weighted by molar-refractivity contribution is 0.0769. The molecule has 112 valence electrons. The summed E-state index contributed by atoms with van der Waals surface area (Å²) in [4.78, 5) is 18.6. The molecule has 0 saturated heterocycles. The highest BCUT2D eigenvalue weighted by Crippen LogP contribution is 2.22. The molecule has 0 fully saturated rings. The Morgan fingerprint density at radius 1 is 1.38 bits per heavy atom. The van der Waals surface area contributed by atoms with E-state index in [-0.39, 0.29) is 12.5 Å². The average Bonchev–Trinajstić information content (AvgIpc) is 2.51. The Kier molecular flexibility index (Phi) is 5.11. The highest BCUT2D eigenvalue weighted by molar-refractivity contribution is 6.06. The largest absolute Gasteiger partial charge is 0.395 e. The van der Waals surface area contributed by atoms with E-state index in [0.29, 0.717) is 17.9 Å². The van der Waals surface area contributed by atoms with Gasteiger partial charge in [-0.15, -0.1) is 0 Å². The van der Waals surface area contributed by atoms with Crippen LogP contribution in [0.4, 0.5) is 5.82 Å². The molecule has 0 aliphatic carbocycles. The van der Waals surface area contributed by atoms with Gasteiger partial charge in [-0.25, -0.2) is 4.98 Å². The molecule has 1 aromatic carbocycles. The third-order valence-electron chi connectivity index (χ3n) is 3.28. The van der Waals surface area contributed by atoms with E-state index in [4.69, 9.17) is 5.11 Å². The van der Waals surface area contributed by atoms with Crippen molar-refractivity contribution in [3.8, 4) is 0 Å². The van der Waals surface area contributed by atoms with Crippen LogP contribution in [0.25, 0.3) is 10.9 Å². The number of carbonyl (C=O) groups is 1. The van der Waals surface area contributed by atoms with Gasteiger partial charge in [-0.3, -0.25) is 4.79 Å². The Bertz CT molecular complexity index is 628. The molecule has 0 aliphatic heterocycles. The van der Waals surface area contributed by atoms with Crippen molar-refractivity contribution in [3.63, 3.8) is 0 Å². The van der Waals surface area contributed by atoms with E-state index in [2.05, 4.69) is 17.2 Å². The van der Waals surface area contributed by atoms with Crippen LogP contribution in [0.3, 0.4) is 0 Å². The zero-order valence-electron chi connectivity index (χ0n) is 12.5. The first-order valence-electron chi connectivity index (χ1n) is 7.17. The van der Waals surface area contributed by atoms with Crippen LogP contribution in [0.5, 0.6) is 0 Å². The molecule has 2 N–H and O–H groups in total. The standard InChI is InChI=1S/C16H21N3O2/c1-3-8-17-15-11-13(16(21)19(2)9-10-20)12-6-4-5-7-14(12)18-15/h4-7,11,20H,3,8-10H2,1-2H3,(H,17,18). The molecule has 0 saturated carbocycles. The van der Waals surface area contributed by atoms with Gasteiger partial charge in [-0.1, -0.05) is 25.1 Å². The number of nitrogens with zero attached hydrogens (tertiary/aromatic N) is 2. The number of hydrogen-bond acceptors (Lipinski definition) is 4. The number of nitrogens with one attached hydrogen (secondary N) is 1. The summed E-state index contributed by atoms with van der Waals surface area (Å²) in [6.07, 6.45) is 0.988. The van der Waals surface area contributed by atoms with E-state index in [1.54, 1.807) is 13.1 Å². The number of likely N-dealkylation sites (N-methyl/N-ethyl adjacent to an activating group) is 1. The lowest BCUT2D eigenvalue weighted by Crippen LogP contribution is -2.29. The van der Waals surface area contributed by atoms with Gasteiger partial charge >= 0.3 is 0 Å². The third kappa shape index (κ3) is 3.49. The third-order valence-corrected chi connectivity index (χ3v) is 3.28. The Morgan fingerprint density at radius 3 is 2.86 bits per heavy atom. The summed E-state index contributed by atoms with van der Waals surface area (Å²) in [5.41, 5.74) is 1.40. The quantitative estimate of drug-likeness (QED) is 0.854. The average molecular weight is 287 g/mol. The van der Waals surface area contributed by atoms with E-state index < -0.39 is 0 Å². The van der Waals surface area contributed by atoms with Crippen LogP contribution in [-0.2, 0) is 0 Å². The lowest BCUT2D eigenvalue weighted by atomic mass is 10.1. The molecule has 0 spiro atoms. The van der Waals surface area contributed by atoms with Gasteiger partial charge in [-0.05, 0) is 18.6 Å². The predicted molar refractivity (Wildman–Crippen MR) is 84.6 cm³/mol. The van der Waals surface area contributed by atoms with E-state index in [1.165, 1.54) is 4.90 Å². The van der Waals surface area contributed by atoms with E-state index in [9.17, 15) is 4.79 Å². The van der Waals surface area contributed by atoms with Gasteiger partial charge in [0.2, 0.25) is 0 Å². The normalized spacial score (nSPS) is 10.6. The molecular formula is C16H21N3O2. The Morgan fingerprint density at radius 2 is 2.14 bits per heavy atom. The summed E-state index contributed by atoms with van der Waals surface area (Å²) < 4.78 is 0. The number of hydrogen-bond donors (Lipinski definition) is 2. The zero-order chi connectivity index (χ0) is 15.2. The molecule has 0 radical (unpaired) electrons. The van der Waals surface area contributed by atoms with Gasteiger partial charge in [0.05, 0.1) is 17.7 Å². The summed E-state index contributed by atoms with van der Waals surface area (Å²) in [6, 6.07) is 9.38. The maximum absolute atomic E-state index is 12.5. The van der Waals surface area contributed by atoms with Gasteiger partial charge in [0.25, 0.3) is 5.91 Å². The summed E-state index contributed by atoms with van der Waals surface area (Å²) in [6.45, 7) is 3.15. The van der Waals surface area contributed by atoms with Crippen molar-refractivity contribution in [1.29, 1.82) is 0 Å². The van der Waals surface area contributed by atoms with Crippen LogP contribution in [0.1, 0.15) is 23.7 Å². The van der Waals surface area contributed by atoms with Crippen LogP contribution in [0.15, 0.2) is 30.3 Å². The summed E-state index contributed by atoms with van der Waals surface area (Å²) in [5.74, 6) is 0.596. The van der Waals surface area contributed by atoms with E-state index in [1.807, 2.05) is 24.3 Å². The highest BCUT2D eigenvalue weighted by Gasteiger charge is 2.16. The van der Waals surface area contributed by atoms with Crippen molar-refractivity contribution < 1.29 is 9.90 Å². The van der Waals surface area contributed by atoms with Crippen molar-refractivity contribution in [2.45, 2.75) is 13.3 Å². The van der Waals surface area contributed by atoms with E-state index >= 15 is 0 Å². The van der Waals surface area contributed by atoms with Crippen molar-refractivity contribution in [2.75, 3.05) is 32.1 Å². The second-order valence-corrected chi connectivity index (χ2v) is 4.95. The van der Waals surface area contributed by atoms with Crippen molar-refractivity contribution in [2.24, 2.45) is 0 Å². The van der Waals surface area contributed by atoms with Crippen molar-refractivity contribution in [1.82, 2.24) is 9.88 Å². The molecule has 0 bridgehead atoms. The second-order valence-electron chi connectivity index (χ2n) is 4.95. The van der Waals surface area contributed by atoms with Crippen LogP contribution in [0.2, 0.25) is 0 Å². The number of aromatic nitrogens is 1. The first-order chi connectivity index (χ1) is 10.2. The Hall–Kier alpha value is -2.14. The van der Waals surface area contributed by atoms with Gasteiger partial charge in [0, 0.05) is 25.5 Å². The predicted octanol–water partition coefficient (Wildman–Crippen LogP) is 2.12. The fourth-order valence-electron chi connectivity index (χ4n) is 2.15. The maximum Gasteiger partial charge on any atom is 0.254 e. The molecule has 5 heteroatoms. The number of aliphatic hydroxyl groups excluding tert-OH is 1. The molecule has 0 aliphatic rings. The minimum atomic E-state index is -0.109. The van der Waals surface area contributed by atoms with Gasteiger partial charge in [0.15, 0.2) is 0 Å². The number of aliphatic hydroxyl groups is 1. The molecule has 2 rings (SSSR count). The lowest BCUT2D eigenvalue weighted by Gasteiger charge is -2.17. The Balaban J connectivity index is 2.46. The van der Waals surface area contributed by atoms with Crippen LogP contribution < -0.4 is 5.32 Å². The Labute approximate surface area is 124 Å². The summed E-state index contributed by atoms with van der Waals surface area (Å²) >= 11 is 0. The number of anilines is 1. The van der Waals surface area contributed by atoms with Crippen molar-refractivity contribution in [3.05, 3.63) is 35.9 Å². The molecule has 21 heavy (non-hydrogen) atoms. The molecule has 1 heterocycles. The van der Waals surface area contributed by atoms with Gasteiger partial charge in [0.1, 0.15) is 5.82 Å². The first-order valence-corrected chi connectivity index (χ1v) is 7.17. The number of fused-ring (bicyclic) bond motifs is 1. The molecule has 2 aromatic rings.